The van der Waals surface area contributed by atoms with Gasteiger partial charge in [-0.1, -0.05) is 12.1 Å². The number of carbonyl (C=O) groups excluding carboxylic acids is 5. The molecule has 6 atom stereocenters. The molecule has 0 bridgehead atoms. The number of methoxy groups -OCH3 is 2. The van der Waals surface area contributed by atoms with Crippen LogP contribution in [-0.4, -0.2) is 95.4 Å². The molecule has 0 spiro atoms. The summed E-state index contributed by atoms with van der Waals surface area (Å²) in [4.78, 5) is 63.8. The Labute approximate surface area is 257 Å². The molecule has 5 N–H and O–H groups in total. The first kappa shape index (κ1) is 32.2. The van der Waals surface area contributed by atoms with Crippen molar-refractivity contribution in [3.63, 3.8) is 0 Å². The zero-order valence-electron chi connectivity index (χ0n) is 24.9. The van der Waals surface area contributed by atoms with Crippen LogP contribution in [0.15, 0.2) is 18.2 Å². The zero-order chi connectivity index (χ0) is 33.0. The molecular formula is C31H33NO13. The van der Waals surface area contributed by atoms with E-state index in [9.17, 15) is 39.3 Å². The molecule has 3 aliphatic rings. The Morgan fingerprint density at radius 2 is 1.76 bits per heavy atom. The first-order chi connectivity index (χ1) is 21.2. The van der Waals surface area contributed by atoms with Crippen LogP contribution in [0.1, 0.15) is 75.8 Å². The maximum atomic E-state index is 13.8. The normalized spacial score (nSPS) is 27.2. The topological polar surface area (TPSA) is 218 Å². The van der Waals surface area contributed by atoms with Gasteiger partial charge in [0.15, 0.2) is 18.7 Å². The number of carbonyl (C=O) groups is 5. The van der Waals surface area contributed by atoms with E-state index in [0.717, 1.165) is 6.92 Å². The van der Waals surface area contributed by atoms with Gasteiger partial charge in [0.2, 0.25) is 17.3 Å². The Morgan fingerprint density at radius 3 is 2.38 bits per heavy atom. The average Bonchev–Trinajstić information content (AvgIpc) is 2.99. The van der Waals surface area contributed by atoms with Gasteiger partial charge in [-0.25, -0.2) is 4.79 Å². The first-order valence-electron chi connectivity index (χ1n) is 14.1. The van der Waals surface area contributed by atoms with E-state index in [1.54, 1.807) is 6.92 Å². The second-order valence-electron chi connectivity index (χ2n) is 11.3. The van der Waals surface area contributed by atoms with E-state index in [1.807, 2.05) is 0 Å². The van der Waals surface area contributed by atoms with Crippen molar-refractivity contribution >= 4 is 29.1 Å². The van der Waals surface area contributed by atoms with Crippen molar-refractivity contribution in [3.8, 4) is 17.2 Å². The summed E-state index contributed by atoms with van der Waals surface area (Å²) < 4.78 is 27.5. The first-order valence-corrected chi connectivity index (χ1v) is 14.1. The lowest BCUT2D eigenvalue weighted by Crippen LogP contribution is -2.53. The predicted molar refractivity (Wildman–Crippen MR) is 151 cm³/mol. The molecule has 1 heterocycles. The van der Waals surface area contributed by atoms with E-state index >= 15 is 0 Å². The number of esters is 1. The fourth-order valence-corrected chi connectivity index (χ4v) is 6.33. The van der Waals surface area contributed by atoms with Crippen LogP contribution in [0.25, 0.3) is 0 Å². The highest BCUT2D eigenvalue weighted by Gasteiger charge is 2.50. The average molecular weight is 628 g/mol. The number of aromatic hydroxyl groups is 2. The molecular weight excluding hydrogens is 594 g/mol. The molecule has 1 fully saturated rings. The molecule has 14 heteroatoms. The Bertz CT molecular complexity index is 1610. The SMILES string of the molecule is COc1cccc2c1C(=O)c1c(O)c3c(c(O)c1C2=O)C[C@@](O)(C(=O)COC(=O)C(C)=O)C[C@@H]3O[C@H]1C[C@H](N)C(OC)[C@H](C)O1. The van der Waals surface area contributed by atoms with Crippen LogP contribution in [0.2, 0.25) is 0 Å². The van der Waals surface area contributed by atoms with E-state index in [1.165, 1.54) is 32.4 Å². The van der Waals surface area contributed by atoms with Crippen molar-refractivity contribution in [2.75, 3.05) is 20.8 Å². The summed E-state index contributed by atoms with van der Waals surface area (Å²) in [5, 5.41) is 34.8. The lowest BCUT2D eigenvalue weighted by Gasteiger charge is -2.42. The van der Waals surface area contributed by atoms with Gasteiger partial charge >= 0.3 is 5.97 Å². The summed E-state index contributed by atoms with van der Waals surface area (Å²) in [5.74, 6) is -6.28. The summed E-state index contributed by atoms with van der Waals surface area (Å²) in [6.45, 7) is 1.66. The Hall–Kier alpha value is -4.21. The number of phenolic OH excluding ortho intramolecular Hbond substituents is 2. The summed E-state index contributed by atoms with van der Waals surface area (Å²) in [6.07, 6.45) is -4.60. The van der Waals surface area contributed by atoms with Crippen LogP contribution >= 0.6 is 0 Å². The third-order valence-electron chi connectivity index (χ3n) is 8.52. The van der Waals surface area contributed by atoms with Gasteiger partial charge in [0.05, 0.1) is 42.1 Å². The van der Waals surface area contributed by atoms with Crippen LogP contribution < -0.4 is 10.5 Å². The number of Topliss-reactive ketones (excluding diaryl/α,β-unsaturated/α-hetero) is 2. The monoisotopic (exact) mass is 627 g/mol. The van der Waals surface area contributed by atoms with Crippen molar-refractivity contribution < 1.29 is 63.0 Å². The van der Waals surface area contributed by atoms with Crippen molar-refractivity contribution in [1.82, 2.24) is 0 Å². The molecule has 2 aromatic carbocycles. The third-order valence-corrected chi connectivity index (χ3v) is 8.52. The molecule has 0 aromatic heterocycles. The predicted octanol–water partition coefficient (Wildman–Crippen LogP) is 0.795. The van der Waals surface area contributed by atoms with Gasteiger partial charge in [-0.15, -0.1) is 0 Å². The molecule has 1 saturated heterocycles. The molecule has 5 rings (SSSR count). The van der Waals surface area contributed by atoms with Gasteiger partial charge in [-0.2, -0.15) is 0 Å². The molecule has 1 unspecified atom stereocenters. The number of ether oxygens (including phenoxy) is 5. The third kappa shape index (κ3) is 5.38. The standard InChI is InChI=1S/C31H33NO13/c1-12(33)30(39)43-11-19(34)31(40)9-15-22(18(10-31)45-20-8-16(32)29(42-4)13(2)44-20)28(38)24-23(26(15)36)25(35)14-6-5-7-17(41-3)21(14)27(24)37/h5-7,13,16,18,20,29,36,38,40H,8-11,32H2,1-4H3/t13-,16-,18-,20-,29?,31-/m0/s1. The number of fused-ring (bicyclic) bond motifs is 3. The highest BCUT2D eigenvalue weighted by atomic mass is 16.7. The maximum absolute atomic E-state index is 13.8. The highest BCUT2D eigenvalue weighted by Crippen LogP contribution is 2.52. The van der Waals surface area contributed by atoms with Gasteiger partial charge in [0.25, 0.3) is 0 Å². The molecule has 0 amide bonds. The second kappa shape index (κ2) is 11.9. The zero-order valence-corrected chi connectivity index (χ0v) is 24.9. The van der Waals surface area contributed by atoms with Crippen LogP contribution in [0, 0.1) is 0 Å². The lowest BCUT2D eigenvalue weighted by molar-refractivity contribution is -0.250. The minimum atomic E-state index is -2.38. The van der Waals surface area contributed by atoms with E-state index in [0.29, 0.717) is 0 Å². The number of phenols is 2. The molecule has 0 saturated carbocycles. The molecule has 2 aromatic rings. The second-order valence-corrected chi connectivity index (χ2v) is 11.3. The number of hydrogen-bond donors (Lipinski definition) is 4. The molecule has 2 aliphatic carbocycles. The van der Waals surface area contributed by atoms with E-state index in [4.69, 9.17) is 29.4 Å². The van der Waals surface area contributed by atoms with Crippen LogP contribution in [0.5, 0.6) is 17.2 Å². The van der Waals surface area contributed by atoms with Gasteiger partial charge in [0.1, 0.15) is 22.8 Å². The molecule has 45 heavy (non-hydrogen) atoms. The van der Waals surface area contributed by atoms with E-state index in [2.05, 4.69) is 0 Å². The Morgan fingerprint density at radius 1 is 1.07 bits per heavy atom. The lowest BCUT2D eigenvalue weighted by atomic mass is 9.72. The molecule has 1 aliphatic heterocycles. The number of ketones is 4. The van der Waals surface area contributed by atoms with E-state index in [-0.39, 0.29) is 34.4 Å². The van der Waals surface area contributed by atoms with E-state index < -0.39 is 107 Å². The van der Waals surface area contributed by atoms with Gasteiger partial charge < -0.3 is 44.7 Å². The number of hydrogen-bond acceptors (Lipinski definition) is 14. The fraction of sp³-hybridized carbons (Fsp3) is 0.452. The summed E-state index contributed by atoms with van der Waals surface area (Å²) >= 11 is 0. The van der Waals surface area contributed by atoms with Crippen molar-refractivity contribution in [2.24, 2.45) is 5.73 Å². The number of nitrogens with two attached hydrogens (primary N) is 1. The Balaban J connectivity index is 1.63. The molecule has 240 valence electrons. The fourth-order valence-electron chi connectivity index (χ4n) is 6.33. The summed E-state index contributed by atoms with van der Waals surface area (Å²) in [5.41, 5.74) is 2.27. The Kier molecular flexibility index (Phi) is 8.55. The molecule has 0 radical (unpaired) electrons. The summed E-state index contributed by atoms with van der Waals surface area (Å²) in [7, 11) is 2.79. The number of aliphatic hydroxyl groups is 1. The van der Waals surface area contributed by atoms with Gasteiger partial charge in [-0.05, 0) is 13.0 Å². The highest BCUT2D eigenvalue weighted by molar-refractivity contribution is 6.33. The number of rotatable bonds is 8. The van der Waals surface area contributed by atoms with Gasteiger partial charge in [0, 0.05) is 56.0 Å². The minimum Gasteiger partial charge on any atom is -0.507 e. The minimum absolute atomic E-state index is 0.0762. The van der Waals surface area contributed by atoms with Crippen LogP contribution in [0.4, 0.5) is 0 Å². The van der Waals surface area contributed by atoms with Crippen molar-refractivity contribution in [1.29, 1.82) is 0 Å². The van der Waals surface area contributed by atoms with Crippen LogP contribution in [0.3, 0.4) is 0 Å². The van der Waals surface area contributed by atoms with Gasteiger partial charge in [-0.3, -0.25) is 19.2 Å². The van der Waals surface area contributed by atoms with Crippen LogP contribution in [-0.2, 0) is 39.8 Å². The largest absolute Gasteiger partial charge is 0.507 e. The molecule has 14 nitrogen and oxygen atoms in total. The summed E-state index contributed by atoms with van der Waals surface area (Å²) in [6, 6.07) is 3.77. The maximum Gasteiger partial charge on any atom is 0.374 e. The van der Waals surface area contributed by atoms with Crippen molar-refractivity contribution in [3.05, 3.63) is 51.6 Å². The quantitative estimate of drug-likeness (QED) is 0.154. The number of benzene rings is 2. The smallest absolute Gasteiger partial charge is 0.374 e. The van der Waals surface area contributed by atoms with Crippen molar-refractivity contribution in [2.45, 2.75) is 69.4 Å².